The Morgan fingerprint density at radius 2 is 1.65 bits per heavy atom. The number of nitrogens with zero attached hydrogens (tertiary/aromatic N) is 1. The maximum Gasteiger partial charge on any atom is 0.598 e. The van der Waals surface area contributed by atoms with Crippen LogP contribution in [0.2, 0.25) is 0 Å². The van der Waals surface area contributed by atoms with Crippen LogP contribution in [0.3, 0.4) is 0 Å². The van der Waals surface area contributed by atoms with Gasteiger partial charge in [-0.15, -0.1) is 0 Å². The second-order valence-corrected chi connectivity index (χ2v) is 5.93. The van der Waals surface area contributed by atoms with Crippen LogP contribution >= 0.6 is 0 Å². The highest BCUT2D eigenvalue weighted by Gasteiger charge is 2.54. The maximum absolute atomic E-state index is 6.04. The van der Waals surface area contributed by atoms with Crippen molar-refractivity contribution in [1.82, 2.24) is 4.81 Å². The first-order valence-corrected chi connectivity index (χ1v) is 6.21. The van der Waals surface area contributed by atoms with E-state index in [1.54, 1.807) is 0 Å². The lowest BCUT2D eigenvalue weighted by Crippen LogP contribution is -2.41. The molecule has 3 nitrogen and oxygen atoms in total. The first-order chi connectivity index (χ1) is 7.74. The normalized spacial score (nSPS) is 26.9. The lowest BCUT2D eigenvalue weighted by Gasteiger charge is -2.32. The van der Waals surface area contributed by atoms with Crippen molar-refractivity contribution >= 4 is 7.25 Å². The molecule has 0 aromatic rings. The highest BCUT2D eigenvalue weighted by Crippen LogP contribution is 2.39. The van der Waals surface area contributed by atoms with Gasteiger partial charge in [0.05, 0.1) is 11.2 Å². The van der Waals surface area contributed by atoms with Gasteiger partial charge in [-0.3, -0.25) is 0 Å². The summed E-state index contributed by atoms with van der Waals surface area (Å²) in [6.45, 7) is 12.6. The summed E-state index contributed by atoms with van der Waals surface area (Å²) in [4.78, 5) is 2.08. The van der Waals surface area contributed by atoms with Gasteiger partial charge < -0.3 is 14.1 Å². The lowest BCUT2D eigenvalue weighted by atomic mass is 9.90. The largest absolute Gasteiger partial charge is 0.598 e. The Labute approximate surface area is 105 Å². The lowest BCUT2D eigenvalue weighted by molar-refractivity contribution is 0.00578. The SMILES string of the molecule is CC1=C(C)N(B2OC(C)(C)C(C)(C)O2)C=CC1. The number of hydrogen-bond acceptors (Lipinski definition) is 3. The van der Waals surface area contributed by atoms with Crippen molar-refractivity contribution < 1.29 is 9.31 Å². The predicted octanol–water partition coefficient (Wildman–Crippen LogP) is 3.09. The summed E-state index contributed by atoms with van der Waals surface area (Å²) in [7, 11) is -0.313. The van der Waals surface area contributed by atoms with Crippen LogP contribution in [0.15, 0.2) is 23.5 Å². The third kappa shape index (κ3) is 2.04. The summed E-state index contributed by atoms with van der Waals surface area (Å²) < 4.78 is 12.1. The Kier molecular flexibility index (Phi) is 2.91. The molecule has 4 heteroatoms. The Balaban J connectivity index is 2.22. The average molecular weight is 235 g/mol. The fourth-order valence-corrected chi connectivity index (χ4v) is 1.98. The predicted molar refractivity (Wildman–Crippen MR) is 70.1 cm³/mol. The zero-order chi connectivity index (χ0) is 12.8. The molecule has 2 aliphatic heterocycles. The van der Waals surface area contributed by atoms with Crippen LogP contribution in [-0.4, -0.2) is 23.3 Å². The molecule has 94 valence electrons. The summed E-state index contributed by atoms with van der Waals surface area (Å²) in [5.41, 5.74) is 2.03. The van der Waals surface area contributed by atoms with E-state index in [1.165, 1.54) is 11.3 Å². The summed E-state index contributed by atoms with van der Waals surface area (Å²) in [5.74, 6) is 0. The van der Waals surface area contributed by atoms with Crippen molar-refractivity contribution in [2.24, 2.45) is 0 Å². The second-order valence-electron chi connectivity index (χ2n) is 5.93. The first kappa shape index (κ1) is 12.7. The Bertz CT molecular complexity index is 369. The third-order valence-corrected chi connectivity index (χ3v) is 4.16. The first-order valence-electron chi connectivity index (χ1n) is 6.21. The quantitative estimate of drug-likeness (QED) is 0.652. The molecule has 0 unspecified atom stereocenters. The molecule has 0 saturated carbocycles. The molecule has 0 aromatic heterocycles. The molecule has 0 aliphatic carbocycles. The molecular formula is C13H22BNO2. The molecule has 1 saturated heterocycles. The molecule has 0 amide bonds. The van der Waals surface area contributed by atoms with Gasteiger partial charge in [0.15, 0.2) is 0 Å². The molecule has 0 aromatic carbocycles. The van der Waals surface area contributed by atoms with E-state index < -0.39 is 0 Å². The monoisotopic (exact) mass is 235 g/mol. The molecule has 2 heterocycles. The standard InChI is InChI=1S/C13H22BNO2/c1-10-8-7-9-15(11(10)2)14-16-12(3,4)13(5,6)17-14/h7,9H,8H2,1-6H3. The van der Waals surface area contributed by atoms with E-state index in [-0.39, 0.29) is 18.5 Å². The van der Waals surface area contributed by atoms with Crippen LogP contribution in [0.25, 0.3) is 0 Å². The molecule has 17 heavy (non-hydrogen) atoms. The van der Waals surface area contributed by atoms with Gasteiger partial charge in [-0.05, 0) is 54.2 Å². The van der Waals surface area contributed by atoms with Crippen molar-refractivity contribution in [2.45, 2.75) is 59.2 Å². The van der Waals surface area contributed by atoms with Crippen LogP contribution in [0.1, 0.15) is 48.0 Å². The topological polar surface area (TPSA) is 21.7 Å². The van der Waals surface area contributed by atoms with Gasteiger partial charge in [-0.25, -0.2) is 0 Å². The molecule has 0 N–H and O–H groups in total. The van der Waals surface area contributed by atoms with E-state index in [0.29, 0.717) is 0 Å². The van der Waals surface area contributed by atoms with Gasteiger partial charge in [-0.1, -0.05) is 11.6 Å². The minimum atomic E-state index is -0.313. The molecular weight excluding hydrogens is 213 g/mol. The highest BCUT2D eigenvalue weighted by atomic mass is 16.7. The van der Waals surface area contributed by atoms with Crippen LogP contribution in [-0.2, 0) is 9.31 Å². The van der Waals surface area contributed by atoms with Crippen molar-refractivity contribution in [3.8, 4) is 0 Å². The van der Waals surface area contributed by atoms with Gasteiger partial charge >= 0.3 is 7.25 Å². The highest BCUT2D eigenvalue weighted by molar-refractivity contribution is 6.43. The number of hydrogen-bond donors (Lipinski definition) is 0. The van der Waals surface area contributed by atoms with E-state index >= 15 is 0 Å². The molecule has 0 bridgehead atoms. The molecule has 1 fully saturated rings. The van der Waals surface area contributed by atoms with E-state index in [4.69, 9.17) is 9.31 Å². The van der Waals surface area contributed by atoms with Gasteiger partial charge in [0.25, 0.3) is 0 Å². The average Bonchev–Trinajstić information content (AvgIpc) is 2.40. The molecule has 2 rings (SSSR count). The number of allylic oxidation sites excluding steroid dienone is 3. The van der Waals surface area contributed by atoms with Crippen molar-refractivity contribution in [3.05, 3.63) is 23.5 Å². The van der Waals surface area contributed by atoms with Gasteiger partial charge in [0.1, 0.15) is 0 Å². The minimum Gasteiger partial charge on any atom is -0.384 e. The second kappa shape index (κ2) is 3.89. The van der Waals surface area contributed by atoms with E-state index in [1.807, 2.05) is 0 Å². The van der Waals surface area contributed by atoms with Gasteiger partial charge in [0.2, 0.25) is 0 Å². The zero-order valence-electron chi connectivity index (χ0n) is 11.7. The maximum atomic E-state index is 6.04. The molecule has 0 atom stereocenters. The van der Waals surface area contributed by atoms with Gasteiger partial charge in [0, 0.05) is 5.70 Å². The number of rotatable bonds is 1. The van der Waals surface area contributed by atoms with Crippen molar-refractivity contribution in [2.75, 3.05) is 0 Å². The Morgan fingerprint density at radius 1 is 1.12 bits per heavy atom. The fraction of sp³-hybridized carbons (Fsp3) is 0.692. The van der Waals surface area contributed by atoms with Crippen molar-refractivity contribution in [3.63, 3.8) is 0 Å². The third-order valence-electron chi connectivity index (χ3n) is 4.16. The van der Waals surface area contributed by atoms with Crippen LogP contribution < -0.4 is 0 Å². The summed E-state index contributed by atoms with van der Waals surface area (Å²) in [6, 6.07) is 0. The zero-order valence-corrected chi connectivity index (χ0v) is 11.7. The minimum absolute atomic E-state index is 0.281. The van der Waals surface area contributed by atoms with Crippen molar-refractivity contribution in [1.29, 1.82) is 0 Å². The van der Waals surface area contributed by atoms with Crippen LogP contribution in [0.5, 0.6) is 0 Å². The van der Waals surface area contributed by atoms with E-state index in [0.717, 1.165) is 6.42 Å². The van der Waals surface area contributed by atoms with Crippen LogP contribution in [0, 0.1) is 0 Å². The summed E-state index contributed by atoms with van der Waals surface area (Å²) in [5, 5.41) is 0. The Morgan fingerprint density at radius 3 is 2.18 bits per heavy atom. The van der Waals surface area contributed by atoms with E-state index in [2.05, 4.69) is 58.6 Å². The fourth-order valence-electron chi connectivity index (χ4n) is 1.98. The van der Waals surface area contributed by atoms with Gasteiger partial charge in [-0.2, -0.15) is 0 Å². The van der Waals surface area contributed by atoms with Crippen LogP contribution in [0.4, 0.5) is 0 Å². The van der Waals surface area contributed by atoms with E-state index in [9.17, 15) is 0 Å². The summed E-state index contributed by atoms with van der Waals surface area (Å²) >= 11 is 0. The molecule has 2 aliphatic rings. The molecule has 0 radical (unpaired) electrons. The smallest absolute Gasteiger partial charge is 0.384 e. The molecule has 0 spiro atoms. The Hall–Kier alpha value is -0.735. The summed E-state index contributed by atoms with van der Waals surface area (Å²) in [6.07, 6.45) is 5.22.